The fourth-order valence-corrected chi connectivity index (χ4v) is 1.27. The van der Waals surface area contributed by atoms with Crippen LogP contribution in [0, 0.1) is 10.1 Å². The molecule has 0 aromatic heterocycles. The average Bonchev–Trinajstić information content (AvgIpc) is 2.27. The van der Waals surface area contributed by atoms with Gasteiger partial charge >= 0.3 is 5.97 Å². The van der Waals surface area contributed by atoms with Crippen molar-refractivity contribution in [1.29, 1.82) is 0 Å². The zero-order valence-electron chi connectivity index (χ0n) is 10.5. The van der Waals surface area contributed by atoms with Gasteiger partial charge in [-0.1, -0.05) is 0 Å². The van der Waals surface area contributed by atoms with E-state index in [1.807, 2.05) is 0 Å². The van der Waals surface area contributed by atoms with E-state index < -0.39 is 17.5 Å². The van der Waals surface area contributed by atoms with Crippen LogP contribution in [0.3, 0.4) is 0 Å². The van der Waals surface area contributed by atoms with E-state index in [0.717, 1.165) is 0 Å². The van der Waals surface area contributed by atoms with Gasteiger partial charge in [0.25, 0.3) is 5.69 Å². The van der Waals surface area contributed by atoms with Gasteiger partial charge in [0.05, 0.1) is 22.8 Å². The van der Waals surface area contributed by atoms with Crippen molar-refractivity contribution in [2.75, 3.05) is 12.1 Å². The number of nitrogens with zero attached hydrogens (tertiary/aromatic N) is 1. The standard InChI is InChI=1S/C11H14N2O6/c1-7(2)19-10-4-8(12-18-6-11(14)15)3-9(5-10)13(16)17/h3-5,7,12H,6H2,1-2H3,(H,14,15). The highest BCUT2D eigenvalue weighted by Crippen LogP contribution is 2.26. The predicted octanol–water partition coefficient (Wildman–Crippen LogP) is 1.81. The highest BCUT2D eigenvalue weighted by Gasteiger charge is 2.12. The number of nitro groups is 1. The molecule has 19 heavy (non-hydrogen) atoms. The lowest BCUT2D eigenvalue weighted by Crippen LogP contribution is -2.12. The topological polar surface area (TPSA) is 111 Å². The number of anilines is 1. The van der Waals surface area contributed by atoms with Crippen LogP contribution in [0.2, 0.25) is 0 Å². The van der Waals surface area contributed by atoms with Gasteiger partial charge in [-0.05, 0) is 13.8 Å². The Balaban J connectivity index is 2.86. The number of benzene rings is 1. The fourth-order valence-electron chi connectivity index (χ4n) is 1.27. The molecule has 0 saturated heterocycles. The lowest BCUT2D eigenvalue weighted by Gasteiger charge is -2.11. The summed E-state index contributed by atoms with van der Waals surface area (Å²) in [5, 5.41) is 19.2. The average molecular weight is 270 g/mol. The number of carboxylic acid groups (broad SMARTS) is 1. The molecule has 0 spiro atoms. The van der Waals surface area contributed by atoms with Gasteiger partial charge in [0, 0.05) is 12.1 Å². The molecule has 0 atom stereocenters. The van der Waals surface area contributed by atoms with Crippen LogP contribution < -0.4 is 10.2 Å². The number of aliphatic carboxylic acids is 1. The van der Waals surface area contributed by atoms with Crippen LogP contribution in [0.4, 0.5) is 11.4 Å². The van der Waals surface area contributed by atoms with E-state index in [9.17, 15) is 14.9 Å². The molecule has 0 aliphatic heterocycles. The van der Waals surface area contributed by atoms with Crippen LogP contribution in [0.25, 0.3) is 0 Å². The van der Waals surface area contributed by atoms with Crippen molar-refractivity contribution in [2.45, 2.75) is 20.0 Å². The normalized spacial score (nSPS) is 10.3. The molecule has 2 N–H and O–H groups in total. The highest BCUT2D eigenvalue weighted by atomic mass is 16.7. The second kappa shape index (κ2) is 6.55. The van der Waals surface area contributed by atoms with Gasteiger partial charge in [-0.3, -0.25) is 20.4 Å². The number of hydrogen-bond donors (Lipinski definition) is 2. The molecule has 104 valence electrons. The summed E-state index contributed by atoms with van der Waals surface area (Å²) >= 11 is 0. The SMILES string of the molecule is CC(C)Oc1cc(NOCC(=O)O)cc([N+](=O)[O-])c1. The van der Waals surface area contributed by atoms with Crippen LogP contribution in [0.5, 0.6) is 5.75 Å². The van der Waals surface area contributed by atoms with Crippen LogP contribution >= 0.6 is 0 Å². The van der Waals surface area contributed by atoms with Crippen molar-refractivity contribution >= 4 is 17.3 Å². The lowest BCUT2D eigenvalue weighted by atomic mass is 10.2. The summed E-state index contributed by atoms with van der Waals surface area (Å²) in [5.74, 6) is -0.859. The number of nitrogens with one attached hydrogen (secondary N) is 1. The molecule has 1 aromatic rings. The Labute approximate surface area is 109 Å². The highest BCUT2D eigenvalue weighted by molar-refractivity contribution is 5.68. The zero-order valence-corrected chi connectivity index (χ0v) is 10.5. The summed E-state index contributed by atoms with van der Waals surface area (Å²) < 4.78 is 5.36. The second-order valence-corrected chi connectivity index (χ2v) is 3.92. The second-order valence-electron chi connectivity index (χ2n) is 3.92. The number of non-ortho nitro benzene ring substituents is 1. The Bertz CT molecular complexity index is 474. The first-order chi connectivity index (χ1) is 8.88. The zero-order chi connectivity index (χ0) is 14.4. The molecular formula is C11H14N2O6. The molecule has 0 amide bonds. The van der Waals surface area contributed by atoms with Crippen molar-refractivity contribution in [1.82, 2.24) is 0 Å². The van der Waals surface area contributed by atoms with Crippen molar-refractivity contribution < 1.29 is 24.4 Å². The first-order valence-electron chi connectivity index (χ1n) is 5.44. The van der Waals surface area contributed by atoms with Crippen LogP contribution in [0.15, 0.2) is 18.2 Å². The van der Waals surface area contributed by atoms with Gasteiger partial charge in [-0.15, -0.1) is 0 Å². The smallest absolute Gasteiger partial charge is 0.332 e. The van der Waals surface area contributed by atoms with E-state index in [1.165, 1.54) is 18.2 Å². The molecular weight excluding hydrogens is 256 g/mol. The summed E-state index contributed by atoms with van der Waals surface area (Å²) in [4.78, 5) is 25.1. The Morgan fingerprint density at radius 1 is 1.47 bits per heavy atom. The van der Waals surface area contributed by atoms with E-state index >= 15 is 0 Å². The molecule has 8 nitrogen and oxygen atoms in total. The molecule has 1 aromatic carbocycles. The summed E-state index contributed by atoms with van der Waals surface area (Å²) in [6, 6.07) is 3.98. The Morgan fingerprint density at radius 2 is 2.16 bits per heavy atom. The van der Waals surface area contributed by atoms with Crippen molar-refractivity contribution in [3.63, 3.8) is 0 Å². The summed E-state index contributed by atoms with van der Waals surface area (Å²) in [6.45, 7) is 3.00. The number of rotatable bonds is 7. The number of ether oxygens (including phenoxy) is 1. The van der Waals surface area contributed by atoms with Gasteiger partial charge in [0.1, 0.15) is 5.75 Å². The molecule has 8 heteroatoms. The number of hydrogen-bond acceptors (Lipinski definition) is 6. The first kappa shape index (κ1) is 14.7. The van der Waals surface area contributed by atoms with E-state index in [1.54, 1.807) is 13.8 Å². The molecule has 1 rings (SSSR count). The Kier molecular flexibility index (Phi) is 5.07. The first-order valence-corrected chi connectivity index (χ1v) is 5.44. The minimum atomic E-state index is -1.16. The van der Waals surface area contributed by atoms with Gasteiger partial charge in [0.2, 0.25) is 0 Å². The van der Waals surface area contributed by atoms with Crippen molar-refractivity contribution in [3.8, 4) is 5.75 Å². The van der Waals surface area contributed by atoms with Crippen LogP contribution in [0.1, 0.15) is 13.8 Å². The molecule has 0 heterocycles. The minimum absolute atomic E-state index is 0.144. The van der Waals surface area contributed by atoms with E-state index in [0.29, 0.717) is 5.75 Å². The van der Waals surface area contributed by atoms with Gasteiger partial charge in [-0.2, -0.15) is 0 Å². The molecule has 0 unspecified atom stereocenters. The number of nitro benzene ring substituents is 1. The maximum Gasteiger partial charge on any atom is 0.332 e. The largest absolute Gasteiger partial charge is 0.491 e. The maximum atomic E-state index is 10.8. The molecule has 0 aliphatic rings. The van der Waals surface area contributed by atoms with Gasteiger partial charge < -0.3 is 9.84 Å². The quantitative estimate of drug-likeness (QED) is 0.574. The summed E-state index contributed by atoms with van der Waals surface area (Å²) in [7, 11) is 0. The predicted molar refractivity (Wildman–Crippen MR) is 66.1 cm³/mol. The van der Waals surface area contributed by atoms with E-state index in [2.05, 4.69) is 10.3 Å². The van der Waals surface area contributed by atoms with Gasteiger partial charge in [0.15, 0.2) is 6.61 Å². The third-order valence-corrected chi connectivity index (χ3v) is 1.86. The van der Waals surface area contributed by atoms with Gasteiger partial charge in [-0.25, -0.2) is 4.79 Å². The minimum Gasteiger partial charge on any atom is -0.491 e. The van der Waals surface area contributed by atoms with Crippen LogP contribution in [-0.2, 0) is 9.63 Å². The van der Waals surface area contributed by atoms with E-state index in [4.69, 9.17) is 9.84 Å². The Morgan fingerprint density at radius 3 is 2.68 bits per heavy atom. The fraction of sp³-hybridized carbons (Fsp3) is 0.364. The molecule has 0 fully saturated rings. The molecule has 0 radical (unpaired) electrons. The number of carboxylic acids is 1. The molecule has 0 saturated carbocycles. The lowest BCUT2D eigenvalue weighted by molar-refractivity contribution is -0.384. The molecule has 0 aliphatic carbocycles. The maximum absolute atomic E-state index is 10.8. The monoisotopic (exact) mass is 270 g/mol. The summed E-state index contributed by atoms with van der Waals surface area (Å²) in [6.07, 6.45) is -0.144. The number of carbonyl (C=O) groups is 1. The van der Waals surface area contributed by atoms with Crippen molar-refractivity contribution in [2.24, 2.45) is 0 Å². The third-order valence-electron chi connectivity index (χ3n) is 1.86. The van der Waals surface area contributed by atoms with Crippen molar-refractivity contribution in [3.05, 3.63) is 28.3 Å². The third kappa shape index (κ3) is 5.21. The van der Waals surface area contributed by atoms with Crippen LogP contribution in [-0.4, -0.2) is 28.7 Å². The summed E-state index contributed by atoms with van der Waals surface area (Å²) in [5.41, 5.74) is 2.38. The molecule has 0 bridgehead atoms. The van der Waals surface area contributed by atoms with E-state index in [-0.39, 0.29) is 17.5 Å². The Hall–Kier alpha value is -2.35.